The van der Waals surface area contributed by atoms with Crippen LogP contribution in [0, 0.1) is 20.8 Å². The monoisotopic (exact) mass is 381 g/mol. The number of furan rings is 1. The SMILES string of the molecule is Cc1ccc2c(CSc3nnc(-c4ccoc4C)n3C)cc(=O)oc2c1C. The maximum Gasteiger partial charge on any atom is 0.336 e. The molecule has 0 bridgehead atoms. The molecule has 0 unspecified atom stereocenters. The van der Waals surface area contributed by atoms with Gasteiger partial charge < -0.3 is 13.4 Å². The Morgan fingerprint density at radius 3 is 2.70 bits per heavy atom. The Bertz CT molecular complexity index is 1200. The highest BCUT2D eigenvalue weighted by Crippen LogP contribution is 2.30. The Morgan fingerprint density at radius 2 is 1.96 bits per heavy atom. The van der Waals surface area contributed by atoms with Gasteiger partial charge in [0.2, 0.25) is 0 Å². The van der Waals surface area contributed by atoms with Crippen LogP contribution in [0.3, 0.4) is 0 Å². The Balaban J connectivity index is 1.67. The van der Waals surface area contributed by atoms with Crippen LogP contribution in [0.1, 0.15) is 22.5 Å². The number of thioether (sulfide) groups is 1. The van der Waals surface area contributed by atoms with E-state index in [4.69, 9.17) is 8.83 Å². The van der Waals surface area contributed by atoms with Crippen molar-refractivity contribution in [1.82, 2.24) is 14.8 Å². The molecule has 3 aromatic heterocycles. The van der Waals surface area contributed by atoms with Crippen molar-refractivity contribution in [2.45, 2.75) is 31.7 Å². The van der Waals surface area contributed by atoms with Crippen LogP contribution < -0.4 is 5.63 Å². The van der Waals surface area contributed by atoms with Gasteiger partial charge in [-0.2, -0.15) is 0 Å². The second kappa shape index (κ2) is 6.74. The van der Waals surface area contributed by atoms with E-state index in [1.807, 2.05) is 50.6 Å². The lowest BCUT2D eigenvalue weighted by Gasteiger charge is -2.09. The van der Waals surface area contributed by atoms with Gasteiger partial charge in [0.05, 0.1) is 11.8 Å². The van der Waals surface area contributed by atoms with Gasteiger partial charge in [-0.1, -0.05) is 23.9 Å². The standard InChI is InChI=1S/C20H19N3O3S/c1-11-5-6-16-14(9-17(24)26-18(16)12(11)2)10-27-20-22-21-19(23(20)4)15-7-8-25-13(15)3/h5-9H,10H2,1-4H3. The van der Waals surface area contributed by atoms with Crippen molar-refractivity contribution in [3.8, 4) is 11.4 Å². The Kier molecular flexibility index (Phi) is 4.39. The molecule has 0 aliphatic rings. The summed E-state index contributed by atoms with van der Waals surface area (Å²) in [4.78, 5) is 12.0. The third-order valence-corrected chi connectivity index (χ3v) is 5.88. The molecule has 0 amide bonds. The molecular formula is C20H19N3O3S. The largest absolute Gasteiger partial charge is 0.469 e. The Morgan fingerprint density at radius 1 is 1.15 bits per heavy atom. The number of aromatic nitrogens is 3. The van der Waals surface area contributed by atoms with Crippen LogP contribution in [0.2, 0.25) is 0 Å². The minimum absolute atomic E-state index is 0.334. The first-order valence-corrected chi connectivity index (χ1v) is 9.54. The molecule has 4 rings (SSSR count). The van der Waals surface area contributed by atoms with Gasteiger partial charge >= 0.3 is 5.63 Å². The number of fused-ring (bicyclic) bond motifs is 1. The van der Waals surface area contributed by atoms with Crippen molar-refractivity contribution >= 4 is 22.7 Å². The van der Waals surface area contributed by atoms with Gasteiger partial charge in [-0.05, 0) is 43.5 Å². The summed E-state index contributed by atoms with van der Waals surface area (Å²) in [5.74, 6) is 2.16. The molecule has 138 valence electrons. The third-order valence-electron chi connectivity index (χ3n) is 4.81. The molecule has 0 atom stereocenters. The first-order chi connectivity index (χ1) is 13.0. The van der Waals surface area contributed by atoms with Crippen LogP contribution >= 0.6 is 11.8 Å². The molecule has 0 spiro atoms. The summed E-state index contributed by atoms with van der Waals surface area (Å²) in [6, 6.07) is 7.50. The van der Waals surface area contributed by atoms with Gasteiger partial charge in [-0.15, -0.1) is 10.2 Å². The normalized spacial score (nSPS) is 11.4. The Labute approximate surface area is 160 Å². The van der Waals surface area contributed by atoms with E-state index in [0.29, 0.717) is 11.3 Å². The van der Waals surface area contributed by atoms with E-state index in [1.165, 1.54) is 11.8 Å². The number of hydrogen-bond acceptors (Lipinski definition) is 6. The van der Waals surface area contributed by atoms with E-state index in [-0.39, 0.29) is 5.63 Å². The maximum atomic E-state index is 12.0. The van der Waals surface area contributed by atoms with Crippen LogP contribution in [0.5, 0.6) is 0 Å². The average Bonchev–Trinajstić information content (AvgIpc) is 3.21. The van der Waals surface area contributed by atoms with Crippen molar-refractivity contribution < 1.29 is 8.83 Å². The van der Waals surface area contributed by atoms with Crippen LogP contribution in [-0.2, 0) is 12.8 Å². The fraction of sp³-hybridized carbons (Fsp3) is 0.250. The van der Waals surface area contributed by atoms with E-state index in [9.17, 15) is 4.79 Å². The minimum Gasteiger partial charge on any atom is -0.469 e. The van der Waals surface area contributed by atoms with Gasteiger partial charge in [-0.25, -0.2) is 4.79 Å². The minimum atomic E-state index is -0.334. The quantitative estimate of drug-likeness (QED) is 0.385. The zero-order valence-electron chi connectivity index (χ0n) is 15.6. The molecule has 7 heteroatoms. The second-order valence-corrected chi connectivity index (χ2v) is 7.46. The zero-order valence-corrected chi connectivity index (χ0v) is 16.4. The van der Waals surface area contributed by atoms with E-state index in [1.54, 1.807) is 12.3 Å². The molecule has 4 aromatic rings. The summed E-state index contributed by atoms with van der Waals surface area (Å²) in [5.41, 5.74) is 4.27. The average molecular weight is 381 g/mol. The Hall–Kier alpha value is -2.80. The molecule has 0 saturated heterocycles. The highest BCUT2D eigenvalue weighted by molar-refractivity contribution is 7.98. The number of rotatable bonds is 4. The van der Waals surface area contributed by atoms with E-state index >= 15 is 0 Å². The maximum absolute atomic E-state index is 12.0. The lowest BCUT2D eigenvalue weighted by Crippen LogP contribution is -2.02. The van der Waals surface area contributed by atoms with Gasteiger partial charge in [0.15, 0.2) is 11.0 Å². The molecular weight excluding hydrogens is 362 g/mol. The molecule has 0 radical (unpaired) electrons. The zero-order chi connectivity index (χ0) is 19.1. The van der Waals surface area contributed by atoms with Crippen molar-refractivity contribution in [2.24, 2.45) is 7.05 Å². The second-order valence-electron chi connectivity index (χ2n) is 6.52. The lowest BCUT2D eigenvalue weighted by molar-refractivity contribution is 0.534. The van der Waals surface area contributed by atoms with Gasteiger partial charge in [-0.3, -0.25) is 0 Å². The third kappa shape index (κ3) is 3.08. The highest BCUT2D eigenvalue weighted by Gasteiger charge is 2.16. The van der Waals surface area contributed by atoms with Crippen molar-refractivity contribution in [3.63, 3.8) is 0 Å². The predicted octanol–water partition coefficient (Wildman–Crippen LogP) is 4.40. The van der Waals surface area contributed by atoms with E-state index < -0.39 is 0 Å². The molecule has 0 saturated carbocycles. The topological polar surface area (TPSA) is 74.1 Å². The molecule has 0 fully saturated rings. The number of aryl methyl sites for hydroxylation is 3. The lowest BCUT2D eigenvalue weighted by atomic mass is 10.0. The fourth-order valence-electron chi connectivity index (χ4n) is 3.08. The first kappa shape index (κ1) is 17.6. The molecule has 27 heavy (non-hydrogen) atoms. The summed E-state index contributed by atoms with van der Waals surface area (Å²) in [6.07, 6.45) is 1.64. The number of hydrogen-bond donors (Lipinski definition) is 0. The summed E-state index contributed by atoms with van der Waals surface area (Å²) < 4.78 is 12.7. The summed E-state index contributed by atoms with van der Waals surface area (Å²) >= 11 is 1.54. The van der Waals surface area contributed by atoms with Crippen LogP contribution in [-0.4, -0.2) is 14.8 Å². The van der Waals surface area contributed by atoms with Gasteiger partial charge in [0.25, 0.3) is 0 Å². The van der Waals surface area contributed by atoms with E-state index in [2.05, 4.69) is 10.2 Å². The summed E-state index contributed by atoms with van der Waals surface area (Å²) in [7, 11) is 1.93. The van der Waals surface area contributed by atoms with Crippen molar-refractivity contribution in [2.75, 3.05) is 0 Å². The fourth-order valence-corrected chi connectivity index (χ4v) is 3.98. The predicted molar refractivity (Wildman–Crippen MR) is 105 cm³/mol. The molecule has 0 N–H and O–H groups in total. The van der Waals surface area contributed by atoms with Gasteiger partial charge in [0, 0.05) is 24.3 Å². The van der Waals surface area contributed by atoms with Crippen LogP contribution in [0.15, 0.2) is 49.3 Å². The first-order valence-electron chi connectivity index (χ1n) is 8.55. The number of nitrogens with zero attached hydrogens (tertiary/aromatic N) is 3. The van der Waals surface area contributed by atoms with Crippen LogP contribution in [0.4, 0.5) is 0 Å². The summed E-state index contributed by atoms with van der Waals surface area (Å²) in [6.45, 7) is 5.88. The molecule has 6 nitrogen and oxygen atoms in total. The van der Waals surface area contributed by atoms with Crippen molar-refractivity contribution in [3.05, 3.63) is 63.4 Å². The van der Waals surface area contributed by atoms with E-state index in [0.717, 1.165) is 44.4 Å². The summed E-state index contributed by atoms with van der Waals surface area (Å²) in [5, 5.41) is 10.3. The molecule has 0 aliphatic heterocycles. The highest BCUT2D eigenvalue weighted by atomic mass is 32.2. The molecule has 0 aliphatic carbocycles. The van der Waals surface area contributed by atoms with Crippen LogP contribution in [0.25, 0.3) is 22.4 Å². The molecule has 3 heterocycles. The van der Waals surface area contributed by atoms with Crippen molar-refractivity contribution in [1.29, 1.82) is 0 Å². The number of benzene rings is 1. The smallest absolute Gasteiger partial charge is 0.336 e. The molecule has 1 aromatic carbocycles. The van der Waals surface area contributed by atoms with Gasteiger partial charge in [0.1, 0.15) is 11.3 Å².